The first-order chi connectivity index (χ1) is 9.00. The van der Waals surface area contributed by atoms with Gasteiger partial charge in [0.1, 0.15) is 4.90 Å². The Bertz CT molecular complexity index is 591. The average molecular weight is 300 g/mol. The maximum absolute atomic E-state index is 12.0. The number of aromatic amines is 1. The Hall–Kier alpha value is -1.22. The van der Waals surface area contributed by atoms with Gasteiger partial charge in [0.25, 0.3) is 0 Å². The Kier molecular flexibility index (Phi) is 4.35. The SMILES string of the molecule is CN(C)C(CNS(=O)(=O)c1cn[nH]c1)c1cccs1. The van der Waals surface area contributed by atoms with Crippen molar-refractivity contribution in [3.8, 4) is 0 Å². The molecule has 2 N–H and O–H groups in total. The minimum atomic E-state index is -3.50. The number of hydrogen-bond donors (Lipinski definition) is 2. The van der Waals surface area contributed by atoms with Gasteiger partial charge in [0.2, 0.25) is 10.0 Å². The fourth-order valence-electron chi connectivity index (χ4n) is 1.68. The minimum absolute atomic E-state index is 0.0154. The quantitative estimate of drug-likeness (QED) is 0.836. The standard InChI is InChI=1S/C11H16N4O2S2/c1-15(2)10(11-4-3-5-18-11)8-14-19(16,17)9-6-12-13-7-9/h3-7,10,14H,8H2,1-2H3,(H,12,13). The summed E-state index contributed by atoms with van der Waals surface area (Å²) in [5.41, 5.74) is 0. The lowest BCUT2D eigenvalue weighted by Crippen LogP contribution is -2.34. The number of hydrogen-bond acceptors (Lipinski definition) is 5. The number of rotatable bonds is 6. The molecule has 19 heavy (non-hydrogen) atoms. The van der Waals surface area contributed by atoms with Crippen molar-refractivity contribution in [1.29, 1.82) is 0 Å². The normalized spacial score (nSPS) is 13.8. The van der Waals surface area contributed by atoms with Crippen molar-refractivity contribution >= 4 is 21.4 Å². The molecular weight excluding hydrogens is 284 g/mol. The first-order valence-electron chi connectivity index (χ1n) is 5.69. The van der Waals surface area contributed by atoms with Gasteiger partial charge in [0.15, 0.2) is 0 Å². The number of nitrogens with one attached hydrogen (secondary N) is 2. The number of likely N-dealkylation sites (N-methyl/N-ethyl adjacent to an activating group) is 1. The Morgan fingerprint density at radius 3 is 2.84 bits per heavy atom. The van der Waals surface area contributed by atoms with Crippen molar-refractivity contribution in [2.24, 2.45) is 0 Å². The van der Waals surface area contributed by atoms with E-state index >= 15 is 0 Å². The molecule has 2 aromatic rings. The summed E-state index contributed by atoms with van der Waals surface area (Å²) >= 11 is 1.61. The van der Waals surface area contributed by atoms with Gasteiger partial charge in [0.05, 0.1) is 12.2 Å². The third-order valence-electron chi connectivity index (χ3n) is 2.75. The van der Waals surface area contributed by atoms with Gasteiger partial charge in [0, 0.05) is 17.6 Å². The summed E-state index contributed by atoms with van der Waals surface area (Å²) in [4.78, 5) is 3.26. The summed E-state index contributed by atoms with van der Waals surface area (Å²) in [6.07, 6.45) is 2.65. The van der Waals surface area contributed by atoms with Gasteiger partial charge in [-0.1, -0.05) is 6.07 Å². The highest BCUT2D eigenvalue weighted by Gasteiger charge is 2.20. The topological polar surface area (TPSA) is 78.1 Å². The van der Waals surface area contributed by atoms with Crippen molar-refractivity contribution in [3.63, 3.8) is 0 Å². The molecule has 0 saturated heterocycles. The number of H-pyrrole nitrogens is 1. The lowest BCUT2D eigenvalue weighted by molar-refractivity contribution is 0.303. The molecule has 0 aliphatic carbocycles. The van der Waals surface area contributed by atoms with Crippen LogP contribution in [0.15, 0.2) is 34.8 Å². The maximum atomic E-state index is 12.0. The molecule has 2 rings (SSSR count). The number of thiophene rings is 1. The predicted octanol–water partition coefficient (Wildman–Crippen LogP) is 1.05. The minimum Gasteiger partial charge on any atom is -0.300 e. The highest BCUT2D eigenvalue weighted by Crippen LogP contribution is 2.22. The fourth-order valence-corrected chi connectivity index (χ4v) is 3.54. The molecule has 2 aromatic heterocycles. The van der Waals surface area contributed by atoms with Gasteiger partial charge < -0.3 is 4.90 Å². The average Bonchev–Trinajstić information content (AvgIpc) is 3.02. The van der Waals surface area contributed by atoms with Crippen LogP contribution in [0.3, 0.4) is 0 Å². The monoisotopic (exact) mass is 300 g/mol. The molecule has 0 spiro atoms. The molecule has 0 radical (unpaired) electrons. The zero-order chi connectivity index (χ0) is 13.9. The molecule has 0 aliphatic rings. The van der Waals surface area contributed by atoms with E-state index in [0.717, 1.165) is 4.88 Å². The molecule has 1 unspecified atom stereocenters. The Morgan fingerprint density at radius 2 is 2.32 bits per heavy atom. The van der Waals surface area contributed by atoms with Crippen molar-refractivity contribution in [2.45, 2.75) is 10.9 Å². The molecule has 2 heterocycles. The molecular formula is C11H16N4O2S2. The van der Waals surface area contributed by atoms with E-state index in [1.165, 1.54) is 12.4 Å². The molecule has 0 aromatic carbocycles. The summed E-state index contributed by atoms with van der Waals surface area (Å²) < 4.78 is 26.6. The molecule has 0 aliphatic heterocycles. The number of nitrogens with zero attached hydrogens (tertiary/aromatic N) is 2. The van der Waals surface area contributed by atoms with Crippen molar-refractivity contribution in [3.05, 3.63) is 34.8 Å². The Morgan fingerprint density at radius 1 is 1.53 bits per heavy atom. The molecule has 1 atom stereocenters. The highest BCUT2D eigenvalue weighted by atomic mass is 32.2. The summed E-state index contributed by atoms with van der Waals surface area (Å²) in [5, 5.41) is 8.13. The maximum Gasteiger partial charge on any atom is 0.243 e. The second kappa shape index (κ2) is 5.83. The fraction of sp³-hybridized carbons (Fsp3) is 0.364. The molecule has 0 bridgehead atoms. The molecule has 6 nitrogen and oxygen atoms in total. The van der Waals surface area contributed by atoms with E-state index in [1.807, 2.05) is 36.5 Å². The third-order valence-corrected chi connectivity index (χ3v) is 5.11. The third kappa shape index (κ3) is 3.41. The summed E-state index contributed by atoms with van der Waals surface area (Å²) in [5.74, 6) is 0. The second-order valence-corrected chi connectivity index (χ2v) is 7.03. The van der Waals surface area contributed by atoms with Crippen LogP contribution < -0.4 is 4.72 Å². The van der Waals surface area contributed by atoms with Gasteiger partial charge >= 0.3 is 0 Å². The van der Waals surface area contributed by atoms with Crippen LogP contribution in [0.1, 0.15) is 10.9 Å². The van der Waals surface area contributed by atoms with Gasteiger partial charge in [-0.05, 0) is 25.5 Å². The molecule has 0 saturated carbocycles. The summed E-state index contributed by atoms with van der Waals surface area (Å²) in [7, 11) is 0.352. The van der Waals surface area contributed by atoms with Gasteiger partial charge in [-0.2, -0.15) is 5.10 Å². The van der Waals surface area contributed by atoms with E-state index in [2.05, 4.69) is 14.9 Å². The van der Waals surface area contributed by atoms with Crippen LogP contribution in [0.4, 0.5) is 0 Å². The van der Waals surface area contributed by atoms with E-state index in [1.54, 1.807) is 11.3 Å². The number of sulfonamides is 1. The van der Waals surface area contributed by atoms with Crippen LogP contribution in [-0.4, -0.2) is 44.2 Å². The van der Waals surface area contributed by atoms with Gasteiger partial charge in [-0.25, -0.2) is 13.1 Å². The van der Waals surface area contributed by atoms with Crippen LogP contribution in [-0.2, 0) is 10.0 Å². The Balaban J connectivity index is 2.08. The zero-order valence-electron chi connectivity index (χ0n) is 10.7. The van der Waals surface area contributed by atoms with E-state index in [0.29, 0.717) is 6.54 Å². The van der Waals surface area contributed by atoms with Crippen molar-refractivity contribution in [1.82, 2.24) is 19.8 Å². The van der Waals surface area contributed by atoms with E-state index < -0.39 is 10.0 Å². The lowest BCUT2D eigenvalue weighted by atomic mass is 10.2. The van der Waals surface area contributed by atoms with Crippen LogP contribution >= 0.6 is 11.3 Å². The van der Waals surface area contributed by atoms with Crippen LogP contribution in [0.25, 0.3) is 0 Å². The predicted molar refractivity (Wildman–Crippen MR) is 74.5 cm³/mol. The Labute approximate surface area is 116 Å². The van der Waals surface area contributed by atoms with Crippen molar-refractivity contribution < 1.29 is 8.42 Å². The molecule has 0 amide bonds. The highest BCUT2D eigenvalue weighted by molar-refractivity contribution is 7.89. The first-order valence-corrected chi connectivity index (χ1v) is 8.05. The second-order valence-electron chi connectivity index (χ2n) is 4.28. The lowest BCUT2D eigenvalue weighted by Gasteiger charge is -2.23. The van der Waals surface area contributed by atoms with E-state index in [9.17, 15) is 8.42 Å². The molecule has 8 heteroatoms. The first kappa shape index (κ1) is 14.2. The summed E-state index contributed by atoms with van der Waals surface area (Å²) in [6.45, 7) is 0.320. The zero-order valence-corrected chi connectivity index (χ0v) is 12.3. The van der Waals surface area contributed by atoms with Gasteiger partial charge in [-0.3, -0.25) is 5.10 Å². The largest absolute Gasteiger partial charge is 0.300 e. The smallest absolute Gasteiger partial charge is 0.243 e. The van der Waals surface area contributed by atoms with E-state index in [4.69, 9.17) is 0 Å². The van der Waals surface area contributed by atoms with Crippen molar-refractivity contribution in [2.75, 3.05) is 20.6 Å². The molecule has 104 valence electrons. The van der Waals surface area contributed by atoms with Crippen LogP contribution in [0, 0.1) is 0 Å². The van der Waals surface area contributed by atoms with Crippen LogP contribution in [0.2, 0.25) is 0 Å². The summed E-state index contributed by atoms with van der Waals surface area (Å²) in [6, 6.07) is 3.98. The van der Waals surface area contributed by atoms with E-state index in [-0.39, 0.29) is 10.9 Å². The van der Waals surface area contributed by atoms with Crippen LogP contribution in [0.5, 0.6) is 0 Å². The number of aromatic nitrogens is 2. The molecule has 0 fully saturated rings. The van der Waals surface area contributed by atoms with Gasteiger partial charge in [-0.15, -0.1) is 11.3 Å².